The summed E-state index contributed by atoms with van der Waals surface area (Å²) in [7, 11) is 1.93. The maximum absolute atomic E-state index is 5.84. The van der Waals surface area contributed by atoms with Crippen molar-refractivity contribution in [1.82, 2.24) is 25.5 Å². The molecular weight excluding hydrogens is 328 g/mol. The number of anilines is 1. The second-order valence-corrected chi connectivity index (χ2v) is 6.59. The van der Waals surface area contributed by atoms with Gasteiger partial charge in [-0.05, 0) is 44.5 Å². The molecule has 0 radical (unpaired) electrons. The second-order valence-electron chi connectivity index (χ2n) is 6.59. The summed E-state index contributed by atoms with van der Waals surface area (Å²) in [4.78, 5) is 11.3. The average molecular weight is 350 g/mol. The van der Waals surface area contributed by atoms with E-state index < -0.39 is 0 Å². The lowest BCUT2D eigenvalue weighted by atomic mass is 10.1. The lowest BCUT2D eigenvalue weighted by Crippen LogP contribution is -2.27. The molecule has 7 nitrogen and oxygen atoms in total. The van der Waals surface area contributed by atoms with Gasteiger partial charge in [-0.15, -0.1) is 10.2 Å². The number of rotatable bonds is 5. The number of benzene rings is 1. The first-order chi connectivity index (χ1) is 12.7. The molecule has 134 valence electrons. The van der Waals surface area contributed by atoms with Crippen molar-refractivity contribution >= 4 is 5.82 Å². The van der Waals surface area contributed by atoms with Crippen LogP contribution in [0.25, 0.3) is 23.0 Å². The van der Waals surface area contributed by atoms with Crippen LogP contribution in [0.1, 0.15) is 25.3 Å². The molecule has 1 aliphatic rings. The third-order valence-corrected chi connectivity index (χ3v) is 4.69. The van der Waals surface area contributed by atoms with Crippen LogP contribution in [-0.2, 0) is 6.54 Å². The Bertz CT molecular complexity index is 876. The SMILES string of the molecule is CNCc1ccc(-c2nnc(-c3cncc(N4CCC[C@@H]4C)n3)o2)cc1. The first kappa shape index (κ1) is 16.7. The molecule has 0 spiro atoms. The highest BCUT2D eigenvalue weighted by Crippen LogP contribution is 2.26. The lowest BCUT2D eigenvalue weighted by Gasteiger charge is -2.22. The fourth-order valence-corrected chi connectivity index (χ4v) is 3.28. The summed E-state index contributed by atoms with van der Waals surface area (Å²) in [5.74, 6) is 1.74. The molecule has 3 aromatic rings. The second kappa shape index (κ2) is 7.21. The zero-order chi connectivity index (χ0) is 17.9. The Hall–Kier alpha value is -2.80. The van der Waals surface area contributed by atoms with Crippen LogP contribution in [0.5, 0.6) is 0 Å². The third kappa shape index (κ3) is 3.30. The number of nitrogens with zero attached hydrogens (tertiary/aromatic N) is 5. The van der Waals surface area contributed by atoms with Gasteiger partial charge in [0.25, 0.3) is 5.89 Å². The number of hydrogen-bond acceptors (Lipinski definition) is 7. The zero-order valence-electron chi connectivity index (χ0n) is 15.0. The Kier molecular flexibility index (Phi) is 4.62. The Morgan fingerprint density at radius 1 is 1.15 bits per heavy atom. The van der Waals surface area contributed by atoms with E-state index in [-0.39, 0.29) is 0 Å². The van der Waals surface area contributed by atoms with Gasteiger partial charge >= 0.3 is 0 Å². The molecule has 1 saturated heterocycles. The minimum Gasteiger partial charge on any atom is -0.415 e. The first-order valence-corrected chi connectivity index (χ1v) is 8.91. The van der Waals surface area contributed by atoms with Crippen molar-refractivity contribution in [3.8, 4) is 23.0 Å². The van der Waals surface area contributed by atoms with Gasteiger partial charge in [-0.25, -0.2) is 4.98 Å². The Labute approximate surface area is 152 Å². The van der Waals surface area contributed by atoms with Crippen LogP contribution in [0.3, 0.4) is 0 Å². The average Bonchev–Trinajstić information content (AvgIpc) is 3.32. The molecule has 0 amide bonds. The highest BCUT2D eigenvalue weighted by atomic mass is 16.4. The van der Waals surface area contributed by atoms with E-state index in [0.717, 1.165) is 24.5 Å². The quantitative estimate of drug-likeness (QED) is 0.758. The maximum Gasteiger partial charge on any atom is 0.268 e. The van der Waals surface area contributed by atoms with E-state index >= 15 is 0 Å². The predicted octanol–water partition coefficient (Wildman–Crippen LogP) is 2.90. The Morgan fingerprint density at radius 2 is 1.96 bits per heavy atom. The van der Waals surface area contributed by atoms with Gasteiger partial charge in [-0.1, -0.05) is 12.1 Å². The standard InChI is InChI=1S/C19H22N6O/c1-13-4-3-9-25(13)17-12-21-11-16(22-17)19-24-23-18(26-19)15-7-5-14(6-8-15)10-20-2/h5-8,11-13,20H,3-4,9-10H2,1-2H3/t13-/m0/s1. The van der Waals surface area contributed by atoms with E-state index in [1.807, 2.05) is 31.3 Å². The summed E-state index contributed by atoms with van der Waals surface area (Å²) in [5, 5.41) is 11.5. The van der Waals surface area contributed by atoms with Crippen molar-refractivity contribution in [2.24, 2.45) is 0 Å². The number of hydrogen-bond donors (Lipinski definition) is 1. The van der Waals surface area contributed by atoms with Crippen LogP contribution in [0, 0.1) is 0 Å². The van der Waals surface area contributed by atoms with Gasteiger partial charge < -0.3 is 14.6 Å². The minimum atomic E-state index is 0.389. The normalized spacial score (nSPS) is 17.0. The summed E-state index contributed by atoms with van der Waals surface area (Å²) in [5.41, 5.74) is 2.70. The smallest absolute Gasteiger partial charge is 0.268 e. The van der Waals surface area contributed by atoms with E-state index in [9.17, 15) is 0 Å². The molecule has 1 fully saturated rings. The Morgan fingerprint density at radius 3 is 2.69 bits per heavy atom. The Balaban J connectivity index is 1.58. The minimum absolute atomic E-state index is 0.389. The molecule has 1 aliphatic heterocycles. The summed E-state index contributed by atoms with van der Waals surface area (Å²) >= 11 is 0. The van der Waals surface area contributed by atoms with Crippen LogP contribution in [0.4, 0.5) is 5.82 Å². The molecule has 0 aliphatic carbocycles. The van der Waals surface area contributed by atoms with Crippen molar-refractivity contribution < 1.29 is 4.42 Å². The molecule has 4 rings (SSSR count). The van der Waals surface area contributed by atoms with Gasteiger partial charge in [0, 0.05) is 24.7 Å². The van der Waals surface area contributed by atoms with Gasteiger partial charge in [0.1, 0.15) is 11.5 Å². The molecule has 0 bridgehead atoms. The summed E-state index contributed by atoms with van der Waals surface area (Å²) in [6.07, 6.45) is 5.82. The topological polar surface area (TPSA) is 80.0 Å². The van der Waals surface area contributed by atoms with Crippen LogP contribution < -0.4 is 10.2 Å². The molecular formula is C19H22N6O. The first-order valence-electron chi connectivity index (χ1n) is 8.91. The summed E-state index contributed by atoms with van der Waals surface area (Å²) in [6, 6.07) is 8.54. The molecule has 26 heavy (non-hydrogen) atoms. The summed E-state index contributed by atoms with van der Waals surface area (Å²) < 4.78 is 5.84. The highest BCUT2D eigenvalue weighted by molar-refractivity contribution is 5.57. The van der Waals surface area contributed by atoms with Crippen LogP contribution >= 0.6 is 0 Å². The van der Waals surface area contributed by atoms with Crippen LogP contribution in [-0.4, -0.2) is 39.8 Å². The molecule has 1 atom stereocenters. The maximum atomic E-state index is 5.84. The van der Waals surface area contributed by atoms with Crippen molar-refractivity contribution in [1.29, 1.82) is 0 Å². The highest BCUT2D eigenvalue weighted by Gasteiger charge is 2.22. The molecule has 2 aromatic heterocycles. The van der Waals surface area contributed by atoms with Crippen molar-refractivity contribution in [2.75, 3.05) is 18.5 Å². The van der Waals surface area contributed by atoms with E-state index in [2.05, 4.69) is 37.3 Å². The lowest BCUT2D eigenvalue weighted by molar-refractivity contribution is 0.581. The van der Waals surface area contributed by atoms with Gasteiger partial charge in [-0.3, -0.25) is 4.98 Å². The fourth-order valence-electron chi connectivity index (χ4n) is 3.28. The molecule has 3 heterocycles. The van der Waals surface area contributed by atoms with E-state index in [1.54, 1.807) is 12.4 Å². The largest absolute Gasteiger partial charge is 0.415 e. The van der Waals surface area contributed by atoms with Crippen LogP contribution in [0.15, 0.2) is 41.1 Å². The molecule has 1 aromatic carbocycles. The fraction of sp³-hybridized carbons (Fsp3) is 0.368. The van der Waals surface area contributed by atoms with E-state index in [4.69, 9.17) is 4.42 Å². The van der Waals surface area contributed by atoms with Crippen LogP contribution in [0.2, 0.25) is 0 Å². The molecule has 1 N–H and O–H groups in total. The number of nitrogens with one attached hydrogen (secondary N) is 1. The zero-order valence-corrected chi connectivity index (χ0v) is 15.0. The van der Waals surface area contributed by atoms with Gasteiger partial charge in [0.15, 0.2) is 0 Å². The van der Waals surface area contributed by atoms with E-state index in [0.29, 0.717) is 23.5 Å². The molecule has 0 unspecified atom stereocenters. The van der Waals surface area contributed by atoms with Gasteiger partial charge in [0.05, 0.1) is 12.4 Å². The predicted molar refractivity (Wildman–Crippen MR) is 99.6 cm³/mol. The van der Waals surface area contributed by atoms with Gasteiger partial charge in [-0.2, -0.15) is 0 Å². The van der Waals surface area contributed by atoms with Crippen molar-refractivity contribution in [3.63, 3.8) is 0 Å². The number of aromatic nitrogens is 4. The summed E-state index contributed by atoms with van der Waals surface area (Å²) in [6.45, 7) is 4.05. The van der Waals surface area contributed by atoms with E-state index in [1.165, 1.54) is 18.4 Å². The third-order valence-electron chi connectivity index (χ3n) is 4.69. The van der Waals surface area contributed by atoms with Gasteiger partial charge in [0.2, 0.25) is 5.89 Å². The van der Waals surface area contributed by atoms with Crippen molar-refractivity contribution in [3.05, 3.63) is 42.2 Å². The monoisotopic (exact) mass is 350 g/mol. The van der Waals surface area contributed by atoms with Crippen molar-refractivity contribution in [2.45, 2.75) is 32.4 Å². The molecule has 0 saturated carbocycles. The molecule has 7 heteroatoms.